The number of benzene rings is 2. The minimum Gasteiger partial charge on any atom is -0.378 e. The number of rotatable bonds is 3. The fourth-order valence-electron chi connectivity index (χ4n) is 1.93. The number of alkyl halides is 3. The molecule has 2 rings (SSSR count). The maximum Gasteiger partial charge on any atom is 0.416 e. The van der Waals surface area contributed by atoms with Crippen LogP contribution in [0.25, 0.3) is 0 Å². The molecule has 6 heteroatoms. The van der Waals surface area contributed by atoms with Gasteiger partial charge in [-0.05, 0) is 49.4 Å². The highest BCUT2D eigenvalue weighted by Crippen LogP contribution is 2.31. The molecule has 112 valence electrons. The molecule has 2 aromatic rings. The second-order valence-electron chi connectivity index (χ2n) is 4.61. The highest BCUT2D eigenvalue weighted by Gasteiger charge is 2.30. The van der Waals surface area contributed by atoms with Crippen molar-refractivity contribution < 1.29 is 17.6 Å². The van der Waals surface area contributed by atoms with Gasteiger partial charge in [0.2, 0.25) is 0 Å². The van der Waals surface area contributed by atoms with Crippen LogP contribution in [0, 0.1) is 5.82 Å². The Kier molecular flexibility index (Phi) is 4.56. The molecule has 0 spiro atoms. The first-order valence-corrected chi connectivity index (χ1v) is 6.95. The Morgan fingerprint density at radius 3 is 2.24 bits per heavy atom. The summed E-state index contributed by atoms with van der Waals surface area (Å²) in [5.74, 6) is -0.370. The maximum absolute atomic E-state index is 13.7. The smallest absolute Gasteiger partial charge is 0.378 e. The predicted molar refractivity (Wildman–Crippen MR) is 77.6 cm³/mol. The topological polar surface area (TPSA) is 12.0 Å². The Morgan fingerprint density at radius 2 is 1.67 bits per heavy atom. The van der Waals surface area contributed by atoms with Crippen LogP contribution in [0.15, 0.2) is 46.9 Å². The Balaban J connectivity index is 2.16. The van der Waals surface area contributed by atoms with Crippen molar-refractivity contribution in [1.82, 2.24) is 0 Å². The molecule has 1 atom stereocenters. The third-order valence-electron chi connectivity index (χ3n) is 3.02. The van der Waals surface area contributed by atoms with Crippen molar-refractivity contribution >= 4 is 21.6 Å². The third kappa shape index (κ3) is 3.97. The summed E-state index contributed by atoms with van der Waals surface area (Å²) in [7, 11) is 0. The summed E-state index contributed by atoms with van der Waals surface area (Å²) in [5.41, 5.74) is 0.216. The molecule has 0 aliphatic carbocycles. The summed E-state index contributed by atoms with van der Waals surface area (Å²) in [4.78, 5) is 0. The van der Waals surface area contributed by atoms with Crippen LogP contribution in [0.3, 0.4) is 0 Å². The van der Waals surface area contributed by atoms with Gasteiger partial charge in [0.15, 0.2) is 0 Å². The molecule has 0 aliphatic rings. The molecular weight excluding hydrogens is 350 g/mol. The van der Waals surface area contributed by atoms with Gasteiger partial charge in [0.1, 0.15) is 5.82 Å². The van der Waals surface area contributed by atoms with E-state index in [0.717, 1.165) is 16.6 Å². The molecule has 1 N–H and O–H groups in total. The lowest BCUT2D eigenvalue weighted by atomic mass is 10.1. The SMILES string of the molecule is CC(Nc1ccc(C(F)(F)F)cc1)c1cc(Br)ccc1F. The molecule has 0 amide bonds. The van der Waals surface area contributed by atoms with E-state index in [4.69, 9.17) is 0 Å². The number of hydrogen-bond donors (Lipinski definition) is 1. The van der Waals surface area contributed by atoms with Gasteiger partial charge in [0, 0.05) is 15.7 Å². The molecule has 0 radical (unpaired) electrons. The Morgan fingerprint density at radius 1 is 1.05 bits per heavy atom. The zero-order chi connectivity index (χ0) is 15.6. The average molecular weight is 362 g/mol. The summed E-state index contributed by atoms with van der Waals surface area (Å²) < 4.78 is 51.9. The molecule has 0 aliphatic heterocycles. The lowest BCUT2D eigenvalue weighted by Crippen LogP contribution is -2.09. The summed E-state index contributed by atoms with van der Waals surface area (Å²) in [6.07, 6.45) is -4.36. The summed E-state index contributed by atoms with van der Waals surface area (Å²) in [6, 6.07) is 8.83. The van der Waals surface area contributed by atoms with Crippen LogP contribution >= 0.6 is 15.9 Å². The van der Waals surface area contributed by atoms with E-state index in [1.165, 1.54) is 18.2 Å². The quantitative estimate of drug-likeness (QED) is 0.683. The fourth-order valence-corrected chi connectivity index (χ4v) is 2.31. The van der Waals surface area contributed by atoms with Gasteiger partial charge in [-0.15, -0.1) is 0 Å². The largest absolute Gasteiger partial charge is 0.416 e. The monoisotopic (exact) mass is 361 g/mol. The molecule has 0 bridgehead atoms. The zero-order valence-electron chi connectivity index (χ0n) is 11.0. The molecule has 0 heterocycles. The van der Waals surface area contributed by atoms with E-state index in [2.05, 4.69) is 21.2 Å². The zero-order valence-corrected chi connectivity index (χ0v) is 12.6. The van der Waals surface area contributed by atoms with Crippen LogP contribution in [-0.4, -0.2) is 0 Å². The standard InChI is InChI=1S/C15H12BrF4N/c1-9(13-8-11(16)4-7-14(13)17)21-12-5-2-10(3-6-12)15(18,19)20/h2-9,21H,1H3. The van der Waals surface area contributed by atoms with Crippen LogP contribution in [0.5, 0.6) is 0 Å². The van der Waals surface area contributed by atoms with Gasteiger partial charge in [-0.25, -0.2) is 4.39 Å². The summed E-state index contributed by atoms with van der Waals surface area (Å²) in [5, 5.41) is 2.98. The lowest BCUT2D eigenvalue weighted by molar-refractivity contribution is -0.137. The highest BCUT2D eigenvalue weighted by atomic mass is 79.9. The maximum atomic E-state index is 13.7. The predicted octanol–water partition coefficient (Wildman–Crippen LogP) is 5.78. The number of halogens is 5. The molecule has 1 unspecified atom stereocenters. The minimum absolute atomic E-state index is 0.370. The average Bonchev–Trinajstić information content (AvgIpc) is 2.41. The number of anilines is 1. The number of nitrogens with one attached hydrogen (secondary N) is 1. The van der Waals surface area contributed by atoms with E-state index >= 15 is 0 Å². The van der Waals surface area contributed by atoms with E-state index in [1.807, 2.05) is 0 Å². The van der Waals surface area contributed by atoms with Gasteiger partial charge >= 0.3 is 6.18 Å². The first kappa shape index (κ1) is 15.8. The van der Waals surface area contributed by atoms with Crippen LogP contribution in [-0.2, 0) is 6.18 Å². The van der Waals surface area contributed by atoms with Crippen LogP contribution < -0.4 is 5.32 Å². The van der Waals surface area contributed by atoms with Crippen molar-refractivity contribution in [3.63, 3.8) is 0 Å². The van der Waals surface area contributed by atoms with E-state index in [0.29, 0.717) is 11.3 Å². The van der Waals surface area contributed by atoms with Gasteiger partial charge in [-0.1, -0.05) is 15.9 Å². The molecule has 0 saturated heterocycles. The first-order chi connectivity index (χ1) is 9.77. The molecule has 21 heavy (non-hydrogen) atoms. The van der Waals surface area contributed by atoms with Crippen molar-refractivity contribution in [1.29, 1.82) is 0 Å². The van der Waals surface area contributed by atoms with Gasteiger partial charge in [0.05, 0.1) is 11.6 Å². The van der Waals surface area contributed by atoms with Crippen molar-refractivity contribution in [3.8, 4) is 0 Å². The van der Waals surface area contributed by atoms with Crippen molar-refractivity contribution in [2.75, 3.05) is 5.32 Å². The first-order valence-electron chi connectivity index (χ1n) is 6.16. The lowest BCUT2D eigenvalue weighted by Gasteiger charge is -2.17. The third-order valence-corrected chi connectivity index (χ3v) is 3.51. The minimum atomic E-state index is -4.36. The van der Waals surface area contributed by atoms with Crippen LogP contribution in [0.1, 0.15) is 24.1 Å². The van der Waals surface area contributed by atoms with E-state index in [9.17, 15) is 17.6 Å². The fraction of sp³-hybridized carbons (Fsp3) is 0.200. The van der Waals surface area contributed by atoms with Crippen molar-refractivity contribution in [3.05, 3.63) is 63.9 Å². The van der Waals surface area contributed by atoms with E-state index < -0.39 is 11.7 Å². The highest BCUT2D eigenvalue weighted by molar-refractivity contribution is 9.10. The number of hydrogen-bond acceptors (Lipinski definition) is 1. The van der Waals surface area contributed by atoms with Gasteiger partial charge in [-0.3, -0.25) is 0 Å². The molecule has 1 nitrogen and oxygen atoms in total. The van der Waals surface area contributed by atoms with Gasteiger partial charge in [0.25, 0.3) is 0 Å². The Labute approximate surface area is 128 Å². The van der Waals surface area contributed by atoms with Gasteiger partial charge in [-0.2, -0.15) is 13.2 Å². The molecular formula is C15H12BrF4N. The molecule has 2 aromatic carbocycles. The van der Waals surface area contributed by atoms with Crippen LogP contribution in [0.2, 0.25) is 0 Å². The van der Waals surface area contributed by atoms with Crippen molar-refractivity contribution in [2.24, 2.45) is 0 Å². The molecule has 0 fully saturated rings. The molecule has 0 saturated carbocycles. The molecule has 0 aromatic heterocycles. The van der Waals surface area contributed by atoms with Crippen molar-refractivity contribution in [2.45, 2.75) is 19.1 Å². The van der Waals surface area contributed by atoms with E-state index in [-0.39, 0.29) is 11.9 Å². The Hall–Kier alpha value is -1.56. The van der Waals surface area contributed by atoms with Gasteiger partial charge < -0.3 is 5.32 Å². The second kappa shape index (κ2) is 6.05. The van der Waals surface area contributed by atoms with Crippen LogP contribution in [0.4, 0.5) is 23.2 Å². The normalized spacial score (nSPS) is 13.0. The Bertz CT molecular complexity index is 623. The van der Waals surface area contributed by atoms with E-state index in [1.54, 1.807) is 19.1 Å². The second-order valence-corrected chi connectivity index (χ2v) is 5.52. The summed E-state index contributed by atoms with van der Waals surface area (Å²) in [6.45, 7) is 1.74. The summed E-state index contributed by atoms with van der Waals surface area (Å²) >= 11 is 3.26.